The predicted molar refractivity (Wildman–Crippen MR) is 127 cm³/mol. The van der Waals surface area contributed by atoms with Gasteiger partial charge >= 0.3 is 11.7 Å². The summed E-state index contributed by atoms with van der Waals surface area (Å²) < 4.78 is 3.01. The highest BCUT2D eigenvalue weighted by Crippen LogP contribution is 2.32. The zero-order valence-electron chi connectivity index (χ0n) is 18.0. The number of para-hydroxylation sites is 1. The standard InChI is InChI=1S/C23H25Cl2N5O2/c1-15(2)30-23(32)29(14-26-30)18-8-6-16(7-9-18)17-10-12-28(13-11-17)22(31)27-21-19(24)4-3-5-20(21)25/h3-9,14-15,17H,10-13H2,1-2H3,(H,27,31). The maximum Gasteiger partial charge on any atom is 0.350 e. The van der Waals surface area contributed by atoms with Crippen LogP contribution in [0.4, 0.5) is 10.5 Å². The molecule has 0 aliphatic carbocycles. The topological polar surface area (TPSA) is 72.2 Å². The van der Waals surface area contributed by atoms with Crippen molar-refractivity contribution in [2.75, 3.05) is 18.4 Å². The van der Waals surface area contributed by atoms with Crippen LogP contribution < -0.4 is 11.0 Å². The van der Waals surface area contributed by atoms with E-state index in [0.29, 0.717) is 34.7 Å². The number of rotatable bonds is 4. The average molecular weight is 474 g/mol. The summed E-state index contributed by atoms with van der Waals surface area (Å²) in [5.41, 5.74) is 2.28. The molecular formula is C23H25Cl2N5O2. The van der Waals surface area contributed by atoms with Gasteiger partial charge in [-0.2, -0.15) is 5.10 Å². The maximum absolute atomic E-state index is 12.7. The first-order chi connectivity index (χ1) is 15.3. The van der Waals surface area contributed by atoms with Gasteiger partial charge in [0.05, 0.1) is 27.5 Å². The van der Waals surface area contributed by atoms with Gasteiger partial charge in [-0.15, -0.1) is 0 Å². The van der Waals surface area contributed by atoms with Crippen molar-refractivity contribution in [1.29, 1.82) is 0 Å². The maximum atomic E-state index is 12.7. The number of aromatic nitrogens is 3. The van der Waals surface area contributed by atoms with Gasteiger partial charge in [0, 0.05) is 13.1 Å². The number of hydrogen-bond acceptors (Lipinski definition) is 3. The highest BCUT2D eigenvalue weighted by atomic mass is 35.5. The molecule has 1 aromatic heterocycles. The van der Waals surface area contributed by atoms with Gasteiger partial charge in [-0.3, -0.25) is 0 Å². The van der Waals surface area contributed by atoms with E-state index in [1.165, 1.54) is 10.2 Å². The minimum absolute atomic E-state index is 0.0133. The number of hydrogen-bond donors (Lipinski definition) is 1. The Morgan fingerprint density at radius 2 is 1.69 bits per heavy atom. The van der Waals surface area contributed by atoms with E-state index >= 15 is 0 Å². The summed E-state index contributed by atoms with van der Waals surface area (Å²) in [4.78, 5) is 26.9. The van der Waals surface area contributed by atoms with Crippen LogP contribution in [0.2, 0.25) is 10.0 Å². The number of benzene rings is 2. The number of anilines is 1. The van der Waals surface area contributed by atoms with Crippen LogP contribution in [0.25, 0.3) is 5.69 Å². The Kier molecular flexibility index (Phi) is 6.58. The molecule has 1 aliphatic heterocycles. The van der Waals surface area contributed by atoms with E-state index in [1.807, 2.05) is 26.0 Å². The fraction of sp³-hybridized carbons (Fsp3) is 0.348. The van der Waals surface area contributed by atoms with E-state index in [2.05, 4.69) is 22.5 Å². The van der Waals surface area contributed by atoms with Crippen LogP contribution in [0, 0.1) is 0 Å². The predicted octanol–water partition coefficient (Wildman–Crippen LogP) is 5.33. The SMILES string of the molecule is CC(C)n1ncn(-c2ccc(C3CCN(C(=O)Nc4c(Cl)cccc4Cl)CC3)cc2)c1=O. The monoisotopic (exact) mass is 473 g/mol. The number of carbonyl (C=O) groups excluding carboxylic acids is 1. The van der Waals surface area contributed by atoms with Crippen molar-refractivity contribution in [3.8, 4) is 5.69 Å². The third-order valence-corrected chi connectivity index (χ3v) is 6.43. The van der Waals surface area contributed by atoms with Crippen LogP contribution >= 0.6 is 23.2 Å². The first kappa shape index (κ1) is 22.4. The molecule has 2 heterocycles. The molecule has 0 radical (unpaired) electrons. The Labute approximate surface area is 196 Å². The minimum Gasteiger partial charge on any atom is -0.324 e. The van der Waals surface area contributed by atoms with Gasteiger partial charge in [-0.05, 0) is 62.4 Å². The normalized spacial score (nSPS) is 14.7. The summed E-state index contributed by atoms with van der Waals surface area (Å²) in [6, 6.07) is 12.9. The molecule has 0 bridgehead atoms. The summed E-state index contributed by atoms with van der Waals surface area (Å²) in [5, 5.41) is 7.83. The van der Waals surface area contributed by atoms with E-state index in [4.69, 9.17) is 23.2 Å². The van der Waals surface area contributed by atoms with Crippen LogP contribution in [0.15, 0.2) is 53.6 Å². The molecule has 9 heteroatoms. The molecule has 0 atom stereocenters. The average Bonchev–Trinajstić information content (AvgIpc) is 3.18. The van der Waals surface area contributed by atoms with Crippen molar-refractivity contribution in [3.05, 3.63) is 74.9 Å². The molecule has 2 aromatic carbocycles. The summed E-state index contributed by atoms with van der Waals surface area (Å²) in [6.07, 6.45) is 3.27. The molecule has 7 nitrogen and oxygen atoms in total. The molecule has 4 rings (SSSR count). The fourth-order valence-electron chi connectivity index (χ4n) is 3.97. The Bertz CT molecular complexity index is 1140. The van der Waals surface area contributed by atoms with Crippen molar-refractivity contribution >= 4 is 34.9 Å². The van der Waals surface area contributed by atoms with Crippen molar-refractivity contribution in [1.82, 2.24) is 19.2 Å². The lowest BCUT2D eigenvalue weighted by atomic mass is 9.89. The largest absolute Gasteiger partial charge is 0.350 e. The van der Waals surface area contributed by atoms with Gasteiger partial charge < -0.3 is 10.2 Å². The summed E-state index contributed by atoms with van der Waals surface area (Å²) in [6.45, 7) is 5.14. The van der Waals surface area contributed by atoms with Crippen molar-refractivity contribution < 1.29 is 4.79 Å². The van der Waals surface area contributed by atoms with Crippen molar-refractivity contribution in [2.24, 2.45) is 0 Å². The van der Waals surface area contributed by atoms with Crippen molar-refractivity contribution in [3.63, 3.8) is 0 Å². The smallest absolute Gasteiger partial charge is 0.324 e. The lowest BCUT2D eigenvalue weighted by Gasteiger charge is -2.32. The Morgan fingerprint density at radius 3 is 2.25 bits per heavy atom. The van der Waals surface area contributed by atoms with Gasteiger partial charge in [0.25, 0.3) is 0 Å². The summed E-state index contributed by atoms with van der Waals surface area (Å²) in [5.74, 6) is 0.354. The zero-order valence-corrected chi connectivity index (χ0v) is 19.5. The molecule has 0 unspecified atom stereocenters. The molecule has 1 N–H and O–H groups in total. The molecule has 1 aliphatic rings. The van der Waals surface area contributed by atoms with Crippen LogP contribution in [-0.2, 0) is 0 Å². The molecular weight excluding hydrogens is 449 g/mol. The molecule has 168 valence electrons. The van der Waals surface area contributed by atoms with E-state index < -0.39 is 0 Å². The quantitative estimate of drug-likeness (QED) is 0.556. The molecule has 1 saturated heterocycles. The summed E-state index contributed by atoms with van der Waals surface area (Å²) >= 11 is 12.3. The van der Waals surface area contributed by atoms with E-state index in [1.54, 1.807) is 34.0 Å². The van der Waals surface area contributed by atoms with Gasteiger partial charge in [-0.25, -0.2) is 18.8 Å². The van der Waals surface area contributed by atoms with Crippen LogP contribution in [0.3, 0.4) is 0 Å². The number of piperidine rings is 1. The zero-order chi connectivity index (χ0) is 22.8. The van der Waals surface area contributed by atoms with Crippen LogP contribution in [0.1, 0.15) is 44.2 Å². The second-order valence-corrected chi connectivity index (χ2v) is 9.02. The number of nitrogens with zero attached hydrogens (tertiary/aromatic N) is 4. The highest BCUT2D eigenvalue weighted by molar-refractivity contribution is 6.39. The number of halogens is 2. The Balaban J connectivity index is 1.38. The first-order valence-corrected chi connectivity index (χ1v) is 11.4. The van der Waals surface area contributed by atoms with Crippen molar-refractivity contribution in [2.45, 2.75) is 38.6 Å². The third-order valence-electron chi connectivity index (χ3n) is 5.80. The van der Waals surface area contributed by atoms with Gasteiger partial charge in [0.1, 0.15) is 6.33 Å². The van der Waals surface area contributed by atoms with Crippen LogP contribution in [-0.4, -0.2) is 38.4 Å². The highest BCUT2D eigenvalue weighted by Gasteiger charge is 2.25. The Morgan fingerprint density at radius 1 is 1.06 bits per heavy atom. The summed E-state index contributed by atoms with van der Waals surface area (Å²) in [7, 11) is 0. The van der Waals surface area contributed by atoms with Gasteiger partial charge in [0.2, 0.25) is 0 Å². The number of urea groups is 1. The third kappa shape index (κ3) is 4.54. The van der Waals surface area contributed by atoms with Gasteiger partial charge in [-0.1, -0.05) is 41.4 Å². The second-order valence-electron chi connectivity index (χ2n) is 8.20. The second kappa shape index (κ2) is 9.38. The van der Waals surface area contributed by atoms with E-state index in [9.17, 15) is 9.59 Å². The molecule has 32 heavy (non-hydrogen) atoms. The minimum atomic E-state index is -0.199. The number of carbonyl (C=O) groups is 1. The Hall–Kier alpha value is -2.77. The van der Waals surface area contributed by atoms with Gasteiger partial charge in [0.15, 0.2) is 0 Å². The van der Waals surface area contributed by atoms with E-state index in [0.717, 1.165) is 18.5 Å². The molecule has 0 spiro atoms. The van der Waals surface area contributed by atoms with E-state index in [-0.39, 0.29) is 17.8 Å². The van der Waals surface area contributed by atoms with Crippen LogP contribution in [0.5, 0.6) is 0 Å². The molecule has 3 aromatic rings. The lowest BCUT2D eigenvalue weighted by Crippen LogP contribution is -2.40. The number of nitrogens with one attached hydrogen (secondary N) is 1. The first-order valence-electron chi connectivity index (χ1n) is 10.6. The molecule has 2 amide bonds. The number of amides is 2. The molecule has 0 saturated carbocycles. The molecule has 1 fully saturated rings. The fourth-order valence-corrected chi connectivity index (χ4v) is 4.47. The lowest BCUT2D eigenvalue weighted by molar-refractivity contribution is 0.194. The number of likely N-dealkylation sites (tertiary alicyclic amines) is 1.